The number of nitrogens with zero attached hydrogens (tertiary/aromatic N) is 2. The van der Waals surface area contributed by atoms with Crippen LogP contribution in [0.2, 0.25) is 5.02 Å². The molecule has 2 fully saturated rings. The average molecular weight is 398 g/mol. The second-order valence-electron chi connectivity index (χ2n) is 7.10. The second kappa shape index (κ2) is 7.64. The predicted octanol–water partition coefficient (Wildman–Crippen LogP) is 2.93. The number of rotatable bonds is 4. The van der Waals surface area contributed by atoms with Crippen LogP contribution in [0.3, 0.4) is 0 Å². The third-order valence-corrected chi connectivity index (χ3v) is 5.44. The lowest BCUT2D eigenvalue weighted by Gasteiger charge is -2.36. The smallest absolute Gasteiger partial charge is 0.255 e. The number of carbonyl (C=O) groups excluding carboxylic acids is 3. The summed E-state index contributed by atoms with van der Waals surface area (Å²) in [6.45, 7) is 1.17. The van der Waals surface area contributed by atoms with Crippen LogP contribution < -0.4 is 5.32 Å². The number of halogens is 1. The van der Waals surface area contributed by atoms with Crippen LogP contribution in [0.4, 0.5) is 5.69 Å². The number of nitrogens with one attached hydrogen (secondary N) is 1. The van der Waals surface area contributed by atoms with Crippen molar-refractivity contribution in [2.45, 2.75) is 25.4 Å². The molecule has 0 radical (unpaired) electrons. The minimum Gasteiger partial charge on any atom is -0.329 e. The van der Waals surface area contributed by atoms with Gasteiger partial charge in [0.05, 0.1) is 0 Å². The monoisotopic (exact) mass is 397 g/mol. The van der Waals surface area contributed by atoms with Crippen molar-refractivity contribution in [3.63, 3.8) is 0 Å². The van der Waals surface area contributed by atoms with Gasteiger partial charge in [-0.05, 0) is 54.8 Å². The van der Waals surface area contributed by atoms with Gasteiger partial charge in [-0.25, -0.2) is 0 Å². The zero-order valence-electron chi connectivity index (χ0n) is 15.2. The SMILES string of the molecule is O=C(Nc1ccc(Cl)cc1)c1ccc(CN2CC(=O)N3CCCC3C2=O)cc1. The Labute approximate surface area is 168 Å². The lowest BCUT2D eigenvalue weighted by Crippen LogP contribution is -2.56. The molecule has 2 aliphatic rings. The fourth-order valence-electron chi connectivity index (χ4n) is 3.72. The molecule has 2 saturated heterocycles. The predicted molar refractivity (Wildman–Crippen MR) is 106 cm³/mol. The van der Waals surface area contributed by atoms with Gasteiger partial charge in [0.2, 0.25) is 11.8 Å². The van der Waals surface area contributed by atoms with Crippen LogP contribution in [0.5, 0.6) is 0 Å². The van der Waals surface area contributed by atoms with Crippen LogP contribution in [0, 0.1) is 0 Å². The Morgan fingerprint density at radius 3 is 2.50 bits per heavy atom. The Morgan fingerprint density at radius 1 is 1.07 bits per heavy atom. The van der Waals surface area contributed by atoms with Crippen LogP contribution in [-0.4, -0.2) is 46.7 Å². The Bertz CT molecular complexity index is 911. The number of benzene rings is 2. The van der Waals surface area contributed by atoms with Crippen molar-refractivity contribution in [3.8, 4) is 0 Å². The molecule has 6 nitrogen and oxygen atoms in total. The zero-order chi connectivity index (χ0) is 19.7. The summed E-state index contributed by atoms with van der Waals surface area (Å²) in [6, 6.07) is 13.7. The molecule has 2 aromatic rings. The maximum absolute atomic E-state index is 12.6. The van der Waals surface area contributed by atoms with E-state index < -0.39 is 0 Å². The van der Waals surface area contributed by atoms with E-state index in [1.54, 1.807) is 46.2 Å². The number of anilines is 1. The van der Waals surface area contributed by atoms with Gasteiger partial charge in [-0.3, -0.25) is 14.4 Å². The molecule has 0 aliphatic carbocycles. The highest BCUT2D eigenvalue weighted by molar-refractivity contribution is 6.30. The van der Waals surface area contributed by atoms with Crippen LogP contribution in [-0.2, 0) is 16.1 Å². The number of carbonyl (C=O) groups is 3. The van der Waals surface area contributed by atoms with E-state index >= 15 is 0 Å². The molecular formula is C21H20ClN3O3. The van der Waals surface area contributed by atoms with Gasteiger partial charge in [0, 0.05) is 29.4 Å². The lowest BCUT2D eigenvalue weighted by molar-refractivity contribution is -0.154. The van der Waals surface area contributed by atoms with Crippen molar-refractivity contribution in [2.24, 2.45) is 0 Å². The molecule has 28 heavy (non-hydrogen) atoms. The van der Waals surface area contributed by atoms with Gasteiger partial charge in [-0.2, -0.15) is 0 Å². The summed E-state index contributed by atoms with van der Waals surface area (Å²) in [5.41, 5.74) is 2.06. The van der Waals surface area contributed by atoms with E-state index in [1.165, 1.54) is 0 Å². The quantitative estimate of drug-likeness (QED) is 0.862. The third kappa shape index (κ3) is 3.73. The molecule has 0 bridgehead atoms. The first-order valence-electron chi connectivity index (χ1n) is 9.25. The molecule has 1 unspecified atom stereocenters. The van der Waals surface area contributed by atoms with Crippen LogP contribution in [0.1, 0.15) is 28.8 Å². The normalized spacial score (nSPS) is 19.0. The second-order valence-corrected chi connectivity index (χ2v) is 7.53. The number of amides is 3. The van der Waals surface area contributed by atoms with Crippen LogP contribution >= 0.6 is 11.6 Å². The standard InChI is InChI=1S/C21H20ClN3O3/c22-16-7-9-17(10-8-16)23-20(27)15-5-3-14(4-6-15)12-24-13-19(26)25-11-1-2-18(25)21(24)28/h3-10,18H,1-2,11-13H2,(H,23,27). The maximum atomic E-state index is 12.6. The van der Waals surface area contributed by atoms with Gasteiger partial charge in [0.25, 0.3) is 5.91 Å². The van der Waals surface area contributed by atoms with Gasteiger partial charge in [-0.1, -0.05) is 23.7 Å². The van der Waals surface area contributed by atoms with E-state index in [1.807, 2.05) is 12.1 Å². The maximum Gasteiger partial charge on any atom is 0.255 e. The highest BCUT2D eigenvalue weighted by atomic mass is 35.5. The largest absolute Gasteiger partial charge is 0.329 e. The van der Waals surface area contributed by atoms with E-state index in [4.69, 9.17) is 11.6 Å². The highest BCUT2D eigenvalue weighted by Gasteiger charge is 2.41. The molecule has 1 N–H and O–H groups in total. The summed E-state index contributed by atoms with van der Waals surface area (Å²) >= 11 is 5.85. The van der Waals surface area contributed by atoms with E-state index in [9.17, 15) is 14.4 Å². The first-order valence-corrected chi connectivity index (χ1v) is 9.63. The molecule has 3 amide bonds. The molecule has 0 saturated carbocycles. The Kier molecular flexibility index (Phi) is 5.05. The van der Waals surface area contributed by atoms with Gasteiger partial charge in [-0.15, -0.1) is 0 Å². The number of fused-ring (bicyclic) bond motifs is 1. The number of piperazine rings is 1. The van der Waals surface area contributed by atoms with Crippen molar-refractivity contribution < 1.29 is 14.4 Å². The molecule has 7 heteroatoms. The van der Waals surface area contributed by atoms with Gasteiger partial charge in [0.15, 0.2) is 0 Å². The van der Waals surface area contributed by atoms with Crippen molar-refractivity contribution in [2.75, 3.05) is 18.4 Å². The van der Waals surface area contributed by atoms with Crippen molar-refractivity contribution in [1.29, 1.82) is 0 Å². The summed E-state index contributed by atoms with van der Waals surface area (Å²) in [4.78, 5) is 40.5. The Balaban J connectivity index is 1.40. The highest BCUT2D eigenvalue weighted by Crippen LogP contribution is 2.24. The number of hydrogen-bond donors (Lipinski definition) is 1. The topological polar surface area (TPSA) is 69.7 Å². The van der Waals surface area contributed by atoms with Gasteiger partial charge < -0.3 is 15.1 Å². The summed E-state index contributed by atoms with van der Waals surface area (Å²) in [5, 5.41) is 3.42. The lowest BCUT2D eigenvalue weighted by atomic mass is 10.1. The minimum atomic E-state index is -0.300. The molecule has 0 aromatic heterocycles. The van der Waals surface area contributed by atoms with Gasteiger partial charge >= 0.3 is 0 Å². The van der Waals surface area contributed by atoms with Crippen molar-refractivity contribution in [1.82, 2.24) is 9.80 Å². The Hall–Kier alpha value is -2.86. The molecule has 1 atom stereocenters. The first kappa shape index (κ1) is 18.5. The Morgan fingerprint density at radius 2 is 1.79 bits per heavy atom. The van der Waals surface area contributed by atoms with E-state index in [0.717, 1.165) is 18.4 Å². The van der Waals surface area contributed by atoms with E-state index in [0.29, 0.717) is 29.4 Å². The molecule has 4 rings (SSSR count). The molecule has 2 aliphatic heterocycles. The summed E-state index contributed by atoms with van der Waals surface area (Å²) in [6.07, 6.45) is 1.62. The van der Waals surface area contributed by atoms with E-state index in [-0.39, 0.29) is 30.3 Å². The van der Waals surface area contributed by atoms with E-state index in [2.05, 4.69) is 5.32 Å². The first-order chi connectivity index (χ1) is 13.5. The fraction of sp³-hybridized carbons (Fsp3) is 0.286. The summed E-state index contributed by atoms with van der Waals surface area (Å²) in [7, 11) is 0. The van der Waals surface area contributed by atoms with Crippen LogP contribution in [0.15, 0.2) is 48.5 Å². The van der Waals surface area contributed by atoms with Crippen LogP contribution in [0.25, 0.3) is 0 Å². The summed E-state index contributed by atoms with van der Waals surface area (Å²) < 4.78 is 0. The third-order valence-electron chi connectivity index (χ3n) is 5.19. The summed E-state index contributed by atoms with van der Waals surface area (Å²) in [5.74, 6) is -0.192. The molecule has 2 heterocycles. The number of hydrogen-bond acceptors (Lipinski definition) is 3. The average Bonchev–Trinajstić information content (AvgIpc) is 3.19. The molecule has 144 valence electrons. The van der Waals surface area contributed by atoms with Crippen molar-refractivity contribution in [3.05, 3.63) is 64.7 Å². The molecule has 0 spiro atoms. The molecule has 2 aromatic carbocycles. The van der Waals surface area contributed by atoms with Crippen molar-refractivity contribution >= 4 is 35.0 Å². The minimum absolute atomic E-state index is 0.0149. The van der Waals surface area contributed by atoms with Gasteiger partial charge in [0.1, 0.15) is 12.6 Å². The molecular weight excluding hydrogens is 378 g/mol. The zero-order valence-corrected chi connectivity index (χ0v) is 16.0. The fourth-order valence-corrected chi connectivity index (χ4v) is 3.84.